The van der Waals surface area contributed by atoms with Gasteiger partial charge in [0, 0.05) is 18.5 Å². The number of amides is 1. The third kappa shape index (κ3) is 4.30. The van der Waals surface area contributed by atoms with Crippen LogP contribution in [0.3, 0.4) is 0 Å². The van der Waals surface area contributed by atoms with E-state index in [9.17, 15) is 4.79 Å². The summed E-state index contributed by atoms with van der Waals surface area (Å²) in [6.45, 7) is 1.86. The summed E-state index contributed by atoms with van der Waals surface area (Å²) < 4.78 is 6.13. The van der Waals surface area contributed by atoms with Gasteiger partial charge in [-0.15, -0.1) is 0 Å². The van der Waals surface area contributed by atoms with E-state index in [1.165, 1.54) is 0 Å². The van der Waals surface area contributed by atoms with Gasteiger partial charge in [0.25, 0.3) is 5.91 Å². The molecule has 0 unspecified atom stereocenters. The van der Waals surface area contributed by atoms with Crippen molar-refractivity contribution >= 4 is 5.91 Å². The first-order valence-corrected chi connectivity index (χ1v) is 8.99. The maximum atomic E-state index is 12.6. The lowest BCUT2D eigenvalue weighted by Gasteiger charge is -2.31. The first kappa shape index (κ1) is 18.2. The third-order valence-electron chi connectivity index (χ3n) is 4.83. The molecule has 1 saturated heterocycles. The Hall–Kier alpha value is -2.65. The number of aromatic nitrogens is 1. The van der Waals surface area contributed by atoms with Crippen molar-refractivity contribution in [3.63, 3.8) is 0 Å². The van der Waals surface area contributed by atoms with Gasteiger partial charge < -0.3 is 13.8 Å². The summed E-state index contributed by atoms with van der Waals surface area (Å²) in [6, 6.07) is 11.8. The van der Waals surface area contributed by atoms with Gasteiger partial charge in [-0.2, -0.15) is 5.26 Å². The molecule has 6 heteroatoms. The molecule has 0 aliphatic carbocycles. The maximum Gasteiger partial charge on any atom is 0.278 e. The van der Waals surface area contributed by atoms with Crippen LogP contribution in [-0.4, -0.2) is 60.0 Å². The molecule has 3 rings (SSSR count). The van der Waals surface area contributed by atoms with Gasteiger partial charge in [-0.3, -0.25) is 4.79 Å². The van der Waals surface area contributed by atoms with Crippen LogP contribution in [0.25, 0.3) is 11.5 Å². The molecular weight excluding hydrogens is 328 g/mol. The van der Waals surface area contributed by atoms with Crippen LogP contribution in [-0.2, 0) is 11.2 Å². The zero-order valence-electron chi connectivity index (χ0n) is 15.4. The lowest BCUT2D eigenvalue weighted by molar-refractivity contribution is -0.882. The highest BCUT2D eigenvalue weighted by Gasteiger charge is 2.32. The summed E-state index contributed by atoms with van der Waals surface area (Å²) in [5.74, 6) is 0.681. The van der Waals surface area contributed by atoms with Crippen molar-refractivity contribution in [1.82, 2.24) is 9.88 Å². The normalized spacial score (nSPS) is 17.3. The van der Waals surface area contributed by atoms with Crippen molar-refractivity contribution in [3.05, 3.63) is 42.3 Å². The molecular formula is C20H25N4O2+. The highest BCUT2D eigenvalue weighted by atomic mass is 16.3. The Kier molecular flexibility index (Phi) is 5.38. The average molecular weight is 353 g/mol. The Morgan fingerprint density at radius 3 is 2.88 bits per heavy atom. The van der Waals surface area contributed by atoms with E-state index in [0.717, 1.165) is 37.1 Å². The zero-order valence-corrected chi connectivity index (χ0v) is 15.4. The lowest BCUT2D eigenvalue weighted by Crippen LogP contribution is -2.50. The number of nitriles is 1. The van der Waals surface area contributed by atoms with E-state index < -0.39 is 0 Å². The Bertz CT molecular complexity index is 792. The first-order valence-electron chi connectivity index (χ1n) is 8.99. The summed E-state index contributed by atoms with van der Waals surface area (Å²) >= 11 is 0. The van der Waals surface area contributed by atoms with Crippen LogP contribution < -0.4 is 0 Å². The van der Waals surface area contributed by atoms with Gasteiger partial charge in [-0.1, -0.05) is 18.2 Å². The van der Waals surface area contributed by atoms with E-state index in [1.54, 1.807) is 11.2 Å². The fourth-order valence-electron chi connectivity index (χ4n) is 3.29. The molecule has 6 nitrogen and oxygen atoms in total. The van der Waals surface area contributed by atoms with Gasteiger partial charge in [0.05, 0.1) is 32.4 Å². The number of hydrogen-bond donors (Lipinski definition) is 0. The molecule has 1 aliphatic rings. The molecule has 0 radical (unpaired) electrons. The molecule has 1 atom stereocenters. The molecule has 2 heterocycles. The highest BCUT2D eigenvalue weighted by molar-refractivity contribution is 5.78. The number of quaternary nitrogens is 1. The predicted octanol–water partition coefficient (Wildman–Crippen LogP) is 2.48. The number of oxazole rings is 1. The smallest absolute Gasteiger partial charge is 0.278 e. The number of likely N-dealkylation sites (N-methyl/N-ethyl adjacent to an activating group) is 1. The topological polar surface area (TPSA) is 70.1 Å². The zero-order chi connectivity index (χ0) is 18.6. The summed E-state index contributed by atoms with van der Waals surface area (Å²) in [4.78, 5) is 18.8. The molecule has 0 saturated carbocycles. The Labute approximate surface area is 154 Å². The monoisotopic (exact) mass is 353 g/mol. The molecule has 1 fully saturated rings. The summed E-state index contributed by atoms with van der Waals surface area (Å²) in [6.07, 6.45) is 4.13. The number of hydrogen-bond acceptors (Lipinski definition) is 4. The van der Waals surface area contributed by atoms with Crippen LogP contribution in [0.4, 0.5) is 0 Å². The molecule has 1 amide bonds. The number of rotatable bonds is 6. The minimum Gasteiger partial charge on any atom is -0.444 e. The fourth-order valence-corrected chi connectivity index (χ4v) is 3.29. The van der Waals surface area contributed by atoms with E-state index >= 15 is 0 Å². The summed E-state index contributed by atoms with van der Waals surface area (Å²) in [7, 11) is 4.07. The van der Waals surface area contributed by atoms with Crippen molar-refractivity contribution in [2.45, 2.75) is 25.3 Å². The highest BCUT2D eigenvalue weighted by Crippen LogP contribution is 2.19. The minimum atomic E-state index is -0.258. The molecule has 2 aromatic rings. The van der Waals surface area contributed by atoms with Crippen LogP contribution in [0.5, 0.6) is 0 Å². The van der Waals surface area contributed by atoms with Crippen molar-refractivity contribution < 1.29 is 13.7 Å². The summed E-state index contributed by atoms with van der Waals surface area (Å²) in [5.41, 5.74) is 1.85. The van der Waals surface area contributed by atoms with Gasteiger partial charge in [0.2, 0.25) is 5.89 Å². The Balaban J connectivity index is 1.56. The SMILES string of the molecule is C[N+](C)(CCc1coc(-c2ccccc2)n1)CC(=O)N1CCC[C@H]1C#N. The van der Waals surface area contributed by atoms with E-state index in [-0.39, 0.29) is 11.9 Å². The van der Waals surface area contributed by atoms with Gasteiger partial charge in [0.1, 0.15) is 12.3 Å². The Morgan fingerprint density at radius 1 is 1.38 bits per heavy atom. The fraction of sp³-hybridized carbons (Fsp3) is 0.450. The van der Waals surface area contributed by atoms with Crippen molar-refractivity contribution in [2.24, 2.45) is 0 Å². The van der Waals surface area contributed by atoms with Crippen LogP contribution in [0, 0.1) is 11.3 Å². The van der Waals surface area contributed by atoms with E-state index in [4.69, 9.17) is 9.68 Å². The molecule has 26 heavy (non-hydrogen) atoms. The molecule has 0 spiro atoms. The molecule has 1 aliphatic heterocycles. The molecule has 1 aromatic heterocycles. The first-order chi connectivity index (χ1) is 12.5. The predicted molar refractivity (Wildman–Crippen MR) is 97.8 cm³/mol. The van der Waals surface area contributed by atoms with Crippen molar-refractivity contribution in [2.75, 3.05) is 33.7 Å². The molecule has 136 valence electrons. The van der Waals surface area contributed by atoms with Crippen LogP contribution in [0.1, 0.15) is 18.5 Å². The molecule has 0 N–H and O–H groups in total. The Morgan fingerprint density at radius 2 is 2.15 bits per heavy atom. The van der Waals surface area contributed by atoms with Crippen LogP contribution in [0.2, 0.25) is 0 Å². The minimum absolute atomic E-state index is 0.0594. The molecule has 1 aromatic carbocycles. The van der Waals surface area contributed by atoms with Crippen LogP contribution in [0.15, 0.2) is 41.0 Å². The van der Waals surface area contributed by atoms with Gasteiger partial charge in [-0.05, 0) is 25.0 Å². The standard InChI is InChI=1S/C20H25N4O2/c1-24(2,14-19(25)23-11-6-9-18(23)13-21)12-10-17-15-26-20(22-17)16-7-4-3-5-8-16/h3-5,7-8,15,18H,6,9-12,14H2,1-2H3/q+1/t18-/m0/s1. The van der Waals surface area contributed by atoms with E-state index in [0.29, 0.717) is 23.5 Å². The quantitative estimate of drug-likeness (QED) is 0.748. The number of likely N-dealkylation sites (tertiary alicyclic amines) is 1. The van der Waals surface area contributed by atoms with Crippen molar-refractivity contribution in [1.29, 1.82) is 5.26 Å². The number of nitrogens with zero attached hydrogens (tertiary/aromatic N) is 4. The lowest BCUT2D eigenvalue weighted by atomic mass is 10.2. The molecule has 0 bridgehead atoms. The number of benzene rings is 1. The summed E-state index contributed by atoms with van der Waals surface area (Å²) in [5, 5.41) is 9.16. The van der Waals surface area contributed by atoms with Gasteiger partial charge >= 0.3 is 0 Å². The number of carbonyl (C=O) groups is 1. The second-order valence-corrected chi connectivity index (χ2v) is 7.45. The maximum absolute atomic E-state index is 12.6. The van der Waals surface area contributed by atoms with Crippen molar-refractivity contribution in [3.8, 4) is 17.5 Å². The third-order valence-corrected chi connectivity index (χ3v) is 4.83. The van der Waals surface area contributed by atoms with E-state index in [2.05, 4.69) is 11.1 Å². The largest absolute Gasteiger partial charge is 0.444 e. The average Bonchev–Trinajstić information content (AvgIpc) is 3.29. The van der Waals surface area contributed by atoms with Gasteiger partial charge in [-0.25, -0.2) is 4.98 Å². The number of carbonyl (C=O) groups excluding carboxylic acids is 1. The van der Waals surface area contributed by atoms with Gasteiger partial charge in [0.15, 0.2) is 6.54 Å². The second-order valence-electron chi connectivity index (χ2n) is 7.45. The van der Waals surface area contributed by atoms with E-state index in [1.807, 2.05) is 44.4 Å². The van der Waals surface area contributed by atoms with Crippen LogP contribution >= 0.6 is 0 Å². The second kappa shape index (κ2) is 7.71.